The zero-order chi connectivity index (χ0) is 14.8. The van der Waals surface area contributed by atoms with E-state index in [9.17, 15) is 4.79 Å². The topological polar surface area (TPSA) is 59.3 Å². The second kappa shape index (κ2) is 5.27. The molecule has 0 saturated heterocycles. The van der Waals surface area contributed by atoms with Gasteiger partial charge in [-0.1, -0.05) is 17.5 Å². The molecule has 0 unspecified atom stereocenters. The maximum Gasteiger partial charge on any atom is 0.276 e. The number of imidazole rings is 1. The Kier molecular flexibility index (Phi) is 3.30. The third kappa shape index (κ3) is 2.57. The van der Waals surface area contributed by atoms with E-state index in [1.165, 1.54) is 10.7 Å². The van der Waals surface area contributed by atoms with E-state index < -0.39 is 0 Å². The fourth-order valence-electron chi connectivity index (χ4n) is 1.85. The number of fused-ring (bicyclic) bond motifs is 1. The molecular formula is C15H9ClN4O. The van der Waals surface area contributed by atoms with Crippen molar-refractivity contribution in [2.75, 3.05) is 5.32 Å². The van der Waals surface area contributed by atoms with Gasteiger partial charge in [0, 0.05) is 11.3 Å². The summed E-state index contributed by atoms with van der Waals surface area (Å²) in [6.07, 6.45) is 6.73. The molecular weight excluding hydrogens is 288 g/mol. The van der Waals surface area contributed by atoms with E-state index in [4.69, 9.17) is 18.0 Å². The SMILES string of the molecule is C#Cc1ccc(NC(=O)c2cnc3ccc(Cl)nn23)cc1. The number of hydrogen-bond acceptors (Lipinski definition) is 3. The average Bonchev–Trinajstić information content (AvgIpc) is 2.91. The highest BCUT2D eigenvalue weighted by Gasteiger charge is 2.13. The molecule has 2 heterocycles. The van der Waals surface area contributed by atoms with Crippen LogP contribution in [-0.2, 0) is 0 Å². The molecule has 0 aliphatic rings. The molecule has 3 aromatic rings. The van der Waals surface area contributed by atoms with Gasteiger partial charge in [-0.05, 0) is 36.4 Å². The van der Waals surface area contributed by atoms with E-state index in [-0.39, 0.29) is 11.1 Å². The number of nitrogens with one attached hydrogen (secondary N) is 1. The van der Waals surface area contributed by atoms with Crippen molar-refractivity contribution in [3.63, 3.8) is 0 Å². The molecule has 21 heavy (non-hydrogen) atoms. The largest absolute Gasteiger partial charge is 0.321 e. The maximum atomic E-state index is 12.3. The van der Waals surface area contributed by atoms with E-state index in [1.54, 1.807) is 36.4 Å². The molecule has 0 spiro atoms. The van der Waals surface area contributed by atoms with E-state index in [2.05, 4.69) is 21.3 Å². The highest BCUT2D eigenvalue weighted by Crippen LogP contribution is 2.13. The van der Waals surface area contributed by atoms with E-state index in [1.807, 2.05) is 0 Å². The normalized spacial score (nSPS) is 10.3. The Hall–Kier alpha value is -2.84. The quantitative estimate of drug-likeness (QED) is 0.740. The van der Waals surface area contributed by atoms with Crippen LogP contribution in [0.4, 0.5) is 5.69 Å². The standard InChI is InChI=1S/C15H9ClN4O/c1-2-10-3-5-11(6-4-10)18-15(21)12-9-17-14-8-7-13(16)19-20(12)14/h1,3-9H,(H,18,21). The van der Waals surface area contributed by atoms with Gasteiger partial charge in [0.25, 0.3) is 5.91 Å². The predicted molar refractivity (Wildman–Crippen MR) is 80.3 cm³/mol. The summed E-state index contributed by atoms with van der Waals surface area (Å²) in [6, 6.07) is 10.3. The van der Waals surface area contributed by atoms with Crippen LogP contribution in [0.25, 0.3) is 5.65 Å². The van der Waals surface area contributed by atoms with Gasteiger partial charge in [-0.3, -0.25) is 4.79 Å². The van der Waals surface area contributed by atoms with Gasteiger partial charge in [0.05, 0.1) is 6.20 Å². The first-order valence-electron chi connectivity index (χ1n) is 6.06. The van der Waals surface area contributed by atoms with Gasteiger partial charge >= 0.3 is 0 Å². The predicted octanol–water partition coefficient (Wildman–Crippen LogP) is 2.62. The molecule has 0 aliphatic carbocycles. The Balaban J connectivity index is 1.90. The first-order chi connectivity index (χ1) is 10.2. The first kappa shape index (κ1) is 13.2. The number of carbonyl (C=O) groups is 1. The van der Waals surface area contributed by atoms with Gasteiger partial charge in [0.2, 0.25) is 0 Å². The molecule has 0 saturated carbocycles. The van der Waals surface area contributed by atoms with Crippen LogP contribution in [0.2, 0.25) is 5.15 Å². The number of aromatic nitrogens is 3. The summed E-state index contributed by atoms with van der Waals surface area (Å²) >= 11 is 5.84. The van der Waals surface area contributed by atoms with Crippen LogP contribution in [0, 0.1) is 12.3 Å². The first-order valence-corrected chi connectivity index (χ1v) is 6.43. The van der Waals surface area contributed by atoms with Crippen molar-refractivity contribution in [2.24, 2.45) is 0 Å². The van der Waals surface area contributed by atoms with Crippen LogP contribution >= 0.6 is 11.6 Å². The number of benzene rings is 1. The Labute approximate surface area is 125 Å². The molecule has 2 aromatic heterocycles. The summed E-state index contributed by atoms with van der Waals surface area (Å²) in [4.78, 5) is 16.4. The van der Waals surface area contributed by atoms with Gasteiger partial charge in [0.15, 0.2) is 11.3 Å². The lowest BCUT2D eigenvalue weighted by atomic mass is 10.2. The van der Waals surface area contributed by atoms with Crippen LogP contribution in [0.1, 0.15) is 16.1 Å². The highest BCUT2D eigenvalue weighted by molar-refractivity contribution is 6.29. The number of halogens is 1. The van der Waals surface area contributed by atoms with E-state index >= 15 is 0 Å². The summed E-state index contributed by atoms with van der Waals surface area (Å²) in [6.45, 7) is 0. The lowest BCUT2D eigenvalue weighted by molar-refractivity contribution is 0.102. The van der Waals surface area contributed by atoms with Crippen LogP contribution in [0.5, 0.6) is 0 Å². The number of hydrogen-bond donors (Lipinski definition) is 1. The lowest BCUT2D eigenvalue weighted by Gasteiger charge is -2.04. The lowest BCUT2D eigenvalue weighted by Crippen LogP contribution is -2.15. The van der Waals surface area contributed by atoms with E-state index in [0.717, 1.165) is 5.56 Å². The van der Waals surface area contributed by atoms with Crippen molar-refractivity contribution in [1.82, 2.24) is 14.6 Å². The molecule has 0 bridgehead atoms. The zero-order valence-electron chi connectivity index (χ0n) is 10.7. The number of nitrogens with zero attached hydrogens (tertiary/aromatic N) is 3. The Morgan fingerprint density at radius 2 is 2.00 bits per heavy atom. The molecule has 1 amide bonds. The molecule has 102 valence electrons. The minimum Gasteiger partial charge on any atom is -0.321 e. The van der Waals surface area contributed by atoms with Gasteiger partial charge in [-0.2, -0.15) is 5.10 Å². The van der Waals surface area contributed by atoms with Crippen molar-refractivity contribution >= 4 is 28.8 Å². The highest BCUT2D eigenvalue weighted by atomic mass is 35.5. The molecule has 0 radical (unpaired) electrons. The molecule has 0 atom stereocenters. The number of rotatable bonds is 2. The minimum absolute atomic E-state index is 0.285. The average molecular weight is 297 g/mol. The third-order valence-corrected chi connectivity index (χ3v) is 3.07. The van der Waals surface area contributed by atoms with Crippen molar-refractivity contribution in [3.8, 4) is 12.3 Å². The molecule has 5 nitrogen and oxygen atoms in total. The van der Waals surface area contributed by atoms with Gasteiger partial charge in [-0.25, -0.2) is 9.50 Å². The molecule has 1 N–H and O–H groups in total. The number of terminal acetylenes is 1. The van der Waals surface area contributed by atoms with Gasteiger partial charge in [0.1, 0.15) is 5.15 Å². The molecule has 3 rings (SSSR count). The monoisotopic (exact) mass is 296 g/mol. The Bertz CT molecular complexity index is 862. The third-order valence-electron chi connectivity index (χ3n) is 2.87. The zero-order valence-corrected chi connectivity index (χ0v) is 11.5. The van der Waals surface area contributed by atoms with Crippen molar-refractivity contribution in [2.45, 2.75) is 0 Å². The number of amides is 1. The second-order valence-corrected chi connectivity index (χ2v) is 4.63. The molecule has 6 heteroatoms. The molecule has 0 aliphatic heterocycles. The molecule has 1 aromatic carbocycles. The maximum absolute atomic E-state index is 12.3. The summed E-state index contributed by atoms with van der Waals surface area (Å²) < 4.78 is 1.40. The second-order valence-electron chi connectivity index (χ2n) is 4.25. The van der Waals surface area contributed by atoms with Crippen molar-refractivity contribution in [3.05, 3.63) is 59.0 Å². The fraction of sp³-hybridized carbons (Fsp3) is 0. The van der Waals surface area contributed by atoms with Gasteiger partial charge < -0.3 is 5.32 Å². The van der Waals surface area contributed by atoms with Crippen molar-refractivity contribution in [1.29, 1.82) is 0 Å². The van der Waals surface area contributed by atoms with E-state index in [0.29, 0.717) is 17.0 Å². The smallest absolute Gasteiger partial charge is 0.276 e. The van der Waals surface area contributed by atoms with Crippen LogP contribution < -0.4 is 5.32 Å². The van der Waals surface area contributed by atoms with Crippen LogP contribution in [0.15, 0.2) is 42.6 Å². The van der Waals surface area contributed by atoms with Crippen LogP contribution in [-0.4, -0.2) is 20.5 Å². The summed E-state index contributed by atoms with van der Waals surface area (Å²) in [5.41, 5.74) is 2.23. The van der Waals surface area contributed by atoms with Crippen LogP contribution in [0.3, 0.4) is 0 Å². The van der Waals surface area contributed by atoms with Crippen molar-refractivity contribution < 1.29 is 4.79 Å². The molecule has 0 fully saturated rings. The van der Waals surface area contributed by atoms with Gasteiger partial charge in [-0.15, -0.1) is 6.42 Å². The summed E-state index contributed by atoms with van der Waals surface area (Å²) in [5, 5.41) is 7.10. The summed E-state index contributed by atoms with van der Waals surface area (Å²) in [7, 11) is 0. The Morgan fingerprint density at radius 1 is 1.24 bits per heavy atom. The Morgan fingerprint density at radius 3 is 2.71 bits per heavy atom. The number of carbonyl (C=O) groups excluding carboxylic acids is 1. The number of anilines is 1. The fourth-order valence-corrected chi connectivity index (χ4v) is 1.99. The summed E-state index contributed by atoms with van der Waals surface area (Å²) in [5.74, 6) is 2.19. The minimum atomic E-state index is -0.328.